The number of nitrogens with one attached hydrogen (secondary N) is 2. The van der Waals surface area contributed by atoms with Gasteiger partial charge in [0.25, 0.3) is 11.8 Å². The first-order valence-corrected chi connectivity index (χ1v) is 10.0. The van der Waals surface area contributed by atoms with Crippen LogP contribution < -0.4 is 15.4 Å². The highest BCUT2D eigenvalue weighted by atomic mass is 35.5. The molecule has 0 aliphatic rings. The summed E-state index contributed by atoms with van der Waals surface area (Å²) < 4.78 is 10.9. The summed E-state index contributed by atoms with van der Waals surface area (Å²) in [6, 6.07) is 14.0. The van der Waals surface area contributed by atoms with Crippen LogP contribution in [-0.4, -0.2) is 29.9 Å². The van der Waals surface area contributed by atoms with E-state index in [0.29, 0.717) is 33.8 Å². The normalized spacial score (nSPS) is 10.4. The zero-order valence-corrected chi connectivity index (χ0v) is 17.9. The number of aromatic nitrogens is 1. The molecule has 31 heavy (non-hydrogen) atoms. The van der Waals surface area contributed by atoms with Crippen molar-refractivity contribution in [3.8, 4) is 17.2 Å². The van der Waals surface area contributed by atoms with Gasteiger partial charge in [0.15, 0.2) is 6.61 Å². The van der Waals surface area contributed by atoms with Gasteiger partial charge in [-0.25, -0.2) is 4.98 Å². The molecule has 0 saturated heterocycles. The molecule has 0 aliphatic heterocycles. The van der Waals surface area contributed by atoms with E-state index in [4.69, 9.17) is 32.4 Å². The molecule has 0 spiro atoms. The number of carbonyl (C=O) groups excluding carboxylic acids is 2. The molecule has 1 heterocycles. The van der Waals surface area contributed by atoms with E-state index in [2.05, 4.69) is 22.2 Å². The SMILES string of the molecule is C=C(CCNC(=O)COc1ccc(Cl)c(Cl)c1)NC(=O)c1cnc(-c2ccccc2)o1. The maximum atomic E-state index is 12.3. The molecule has 0 unspecified atom stereocenters. The molecule has 0 atom stereocenters. The van der Waals surface area contributed by atoms with Crippen LogP contribution >= 0.6 is 23.2 Å². The van der Waals surface area contributed by atoms with Gasteiger partial charge in [0.05, 0.1) is 16.2 Å². The molecule has 1 aromatic heterocycles. The van der Waals surface area contributed by atoms with E-state index in [-0.39, 0.29) is 24.8 Å². The lowest BCUT2D eigenvalue weighted by Crippen LogP contribution is -2.31. The Morgan fingerprint density at radius 1 is 1.10 bits per heavy atom. The van der Waals surface area contributed by atoms with E-state index in [1.54, 1.807) is 12.1 Å². The number of hydrogen-bond acceptors (Lipinski definition) is 5. The van der Waals surface area contributed by atoms with Gasteiger partial charge < -0.3 is 19.8 Å². The molecule has 9 heteroatoms. The van der Waals surface area contributed by atoms with Crippen molar-refractivity contribution < 1.29 is 18.7 Å². The number of nitrogens with zero attached hydrogens (tertiary/aromatic N) is 1. The van der Waals surface area contributed by atoms with Gasteiger partial charge in [-0.1, -0.05) is 48.0 Å². The van der Waals surface area contributed by atoms with Gasteiger partial charge in [-0.15, -0.1) is 0 Å². The molecule has 3 rings (SSSR count). The number of hydrogen-bond donors (Lipinski definition) is 2. The molecule has 0 saturated carbocycles. The van der Waals surface area contributed by atoms with E-state index in [9.17, 15) is 9.59 Å². The number of amides is 2. The summed E-state index contributed by atoms with van der Waals surface area (Å²) in [5, 5.41) is 6.05. The topological polar surface area (TPSA) is 93.5 Å². The van der Waals surface area contributed by atoms with Gasteiger partial charge in [0, 0.05) is 30.3 Å². The fraction of sp³-hybridized carbons (Fsp3) is 0.136. The number of halogens is 2. The van der Waals surface area contributed by atoms with Crippen molar-refractivity contribution in [2.24, 2.45) is 0 Å². The summed E-state index contributed by atoms with van der Waals surface area (Å²) in [6.07, 6.45) is 1.69. The van der Waals surface area contributed by atoms with Crippen LogP contribution in [0.25, 0.3) is 11.5 Å². The summed E-state index contributed by atoms with van der Waals surface area (Å²) in [5.41, 5.74) is 1.19. The van der Waals surface area contributed by atoms with Crippen LogP contribution in [-0.2, 0) is 4.79 Å². The van der Waals surface area contributed by atoms with Crippen molar-refractivity contribution in [1.82, 2.24) is 15.6 Å². The fourth-order valence-electron chi connectivity index (χ4n) is 2.50. The maximum Gasteiger partial charge on any atom is 0.292 e. The summed E-state index contributed by atoms with van der Waals surface area (Å²) in [6.45, 7) is 3.88. The van der Waals surface area contributed by atoms with Crippen molar-refractivity contribution in [3.05, 3.63) is 82.8 Å². The quantitative estimate of drug-likeness (QED) is 0.491. The summed E-state index contributed by atoms with van der Waals surface area (Å²) in [7, 11) is 0. The van der Waals surface area contributed by atoms with Crippen LogP contribution in [0.3, 0.4) is 0 Å². The third-order valence-electron chi connectivity index (χ3n) is 4.05. The van der Waals surface area contributed by atoms with Crippen molar-refractivity contribution in [1.29, 1.82) is 0 Å². The lowest BCUT2D eigenvalue weighted by Gasteiger charge is -2.10. The number of benzene rings is 2. The number of rotatable bonds is 9. The van der Waals surface area contributed by atoms with Crippen LogP contribution in [0.15, 0.2) is 71.4 Å². The van der Waals surface area contributed by atoms with Gasteiger partial charge in [0.2, 0.25) is 11.7 Å². The largest absolute Gasteiger partial charge is 0.484 e. The van der Waals surface area contributed by atoms with Crippen molar-refractivity contribution in [2.75, 3.05) is 13.2 Å². The Bertz CT molecular complexity index is 1080. The van der Waals surface area contributed by atoms with E-state index >= 15 is 0 Å². The molecule has 2 N–H and O–H groups in total. The second-order valence-electron chi connectivity index (χ2n) is 6.42. The van der Waals surface area contributed by atoms with Gasteiger partial charge in [-0.3, -0.25) is 9.59 Å². The molecule has 7 nitrogen and oxygen atoms in total. The fourth-order valence-corrected chi connectivity index (χ4v) is 2.79. The Morgan fingerprint density at radius 2 is 1.87 bits per heavy atom. The minimum atomic E-state index is -0.464. The van der Waals surface area contributed by atoms with Crippen LogP contribution in [0.2, 0.25) is 10.0 Å². The lowest BCUT2D eigenvalue weighted by molar-refractivity contribution is -0.123. The molecule has 0 bridgehead atoms. The van der Waals surface area contributed by atoms with Crippen LogP contribution in [0, 0.1) is 0 Å². The van der Waals surface area contributed by atoms with Crippen molar-refractivity contribution in [3.63, 3.8) is 0 Å². The first kappa shape index (κ1) is 22.4. The Kier molecular flexibility index (Phi) is 7.70. The highest BCUT2D eigenvalue weighted by Crippen LogP contribution is 2.26. The Morgan fingerprint density at radius 3 is 2.61 bits per heavy atom. The number of carbonyl (C=O) groups is 2. The van der Waals surface area contributed by atoms with Crippen molar-refractivity contribution in [2.45, 2.75) is 6.42 Å². The number of oxazole rings is 1. The standard InChI is InChI=1S/C22H19Cl2N3O4/c1-14(9-10-25-20(28)13-30-16-7-8-17(23)18(24)11-16)27-21(29)19-12-26-22(31-19)15-5-3-2-4-6-15/h2-8,11-12H,1,9-10,13H2,(H,25,28)(H,27,29). The minimum absolute atomic E-state index is 0.0686. The Hall–Kier alpha value is -3.29. The second kappa shape index (κ2) is 10.7. The molecule has 3 aromatic rings. The minimum Gasteiger partial charge on any atom is -0.484 e. The zero-order chi connectivity index (χ0) is 22.2. The van der Waals surface area contributed by atoms with E-state index < -0.39 is 5.91 Å². The lowest BCUT2D eigenvalue weighted by atomic mass is 10.2. The molecule has 2 aromatic carbocycles. The average molecular weight is 460 g/mol. The van der Waals surface area contributed by atoms with E-state index in [0.717, 1.165) is 5.56 Å². The van der Waals surface area contributed by atoms with Crippen LogP contribution in [0.1, 0.15) is 17.0 Å². The highest BCUT2D eigenvalue weighted by molar-refractivity contribution is 6.42. The smallest absolute Gasteiger partial charge is 0.292 e. The van der Waals surface area contributed by atoms with Crippen LogP contribution in [0.5, 0.6) is 5.75 Å². The Labute approximate surface area is 189 Å². The molecular formula is C22H19Cl2N3O4. The highest BCUT2D eigenvalue weighted by Gasteiger charge is 2.14. The summed E-state index contributed by atoms with van der Waals surface area (Å²) >= 11 is 11.7. The summed E-state index contributed by atoms with van der Waals surface area (Å²) in [4.78, 5) is 28.3. The third kappa shape index (κ3) is 6.60. The first-order chi connectivity index (χ1) is 14.9. The Balaban J connectivity index is 1.38. The monoisotopic (exact) mass is 459 g/mol. The van der Waals surface area contributed by atoms with Gasteiger partial charge in [0.1, 0.15) is 5.75 Å². The van der Waals surface area contributed by atoms with Gasteiger partial charge >= 0.3 is 0 Å². The van der Waals surface area contributed by atoms with Crippen molar-refractivity contribution >= 4 is 35.0 Å². The summed E-state index contributed by atoms with van der Waals surface area (Å²) in [5.74, 6) is 0.0645. The average Bonchev–Trinajstić information content (AvgIpc) is 3.26. The predicted octanol–water partition coefficient (Wildman–Crippen LogP) is 4.48. The van der Waals surface area contributed by atoms with Gasteiger partial charge in [-0.05, 0) is 24.3 Å². The third-order valence-corrected chi connectivity index (χ3v) is 4.79. The zero-order valence-electron chi connectivity index (χ0n) is 16.4. The van der Waals surface area contributed by atoms with E-state index in [1.807, 2.05) is 30.3 Å². The number of ether oxygens (including phenoxy) is 1. The molecular weight excluding hydrogens is 441 g/mol. The van der Waals surface area contributed by atoms with Crippen LogP contribution in [0.4, 0.5) is 0 Å². The molecule has 2 amide bonds. The van der Waals surface area contributed by atoms with E-state index in [1.165, 1.54) is 12.3 Å². The predicted molar refractivity (Wildman–Crippen MR) is 118 cm³/mol. The molecule has 0 radical (unpaired) electrons. The first-order valence-electron chi connectivity index (χ1n) is 9.27. The second-order valence-corrected chi connectivity index (χ2v) is 7.23. The van der Waals surface area contributed by atoms with Gasteiger partial charge in [-0.2, -0.15) is 0 Å². The molecule has 160 valence electrons. The molecule has 0 fully saturated rings. The molecule has 0 aliphatic carbocycles. The maximum absolute atomic E-state index is 12.3.